The molecule has 1 fully saturated rings. The van der Waals surface area contributed by atoms with E-state index < -0.39 is 0 Å². The van der Waals surface area contributed by atoms with Crippen molar-refractivity contribution >= 4 is 5.96 Å². The number of fused-ring (bicyclic) bond motifs is 1. The molecule has 0 saturated carbocycles. The van der Waals surface area contributed by atoms with Crippen molar-refractivity contribution in [2.75, 3.05) is 6.54 Å². The molecule has 1 aliphatic carbocycles. The van der Waals surface area contributed by atoms with E-state index >= 15 is 0 Å². The molecule has 1 saturated heterocycles. The van der Waals surface area contributed by atoms with Crippen LogP contribution in [0, 0.1) is 10.8 Å². The molecule has 6 nitrogen and oxygen atoms in total. The van der Waals surface area contributed by atoms with Crippen LogP contribution in [-0.4, -0.2) is 28.0 Å². The zero-order chi connectivity index (χ0) is 19.7. The Kier molecular flexibility index (Phi) is 5.22. The molecule has 28 heavy (non-hydrogen) atoms. The topological polar surface area (TPSA) is 91.1 Å². The molecule has 3 atom stereocenters. The number of aromatic nitrogens is 1. The van der Waals surface area contributed by atoms with Crippen LogP contribution in [-0.2, 0) is 0 Å². The Morgan fingerprint density at radius 3 is 2.64 bits per heavy atom. The van der Waals surface area contributed by atoms with Gasteiger partial charge in [-0.2, -0.15) is 0 Å². The summed E-state index contributed by atoms with van der Waals surface area (Å²) in [6, 6.07) is 12.1. The number of hydrogen-bond donors (Lipinski definition) is 3. The van der Waals surface area contributed by atoms with E-state index in [1.165, 1.54) is 6.42 Å². The molecule has 4 N–H and O–H groups in total. The lowest BCUT2D eigenvalue weighted by Gasteiger charge is -2.35. The first-order chi connectivity index (χ1) is 13.5. The van der Waals surface area contributed by atoms with Crippen molar-refractivity contribution in [3.05, 3.63) is 59.2 Å². The lowest BCUT2D eigenvalue weighted by molar-refractivity contribution is 0.175. The average Bonchev–Trinajstić information content (AvgIpc) is 2.71. The fraction of sp³-hybridized carbons (Fsp3) is 0.455. The summed E-state index contributed by atoms with van der Waals surface area (Å²) in [5.41, 5.74) is 8.85. The van der Waals surface area contributed by atoms with Gasteiger partial charge in [-0.3, -0.25) is 15.4 Å². The normalized spacial score (nSPS) is 24.5. The van der Waals surface area contributed by atoms with Gasteiger partial charge in [0.25, 0.3) is 0 Å². The van der Waals surface area contributed by atoms with Gasteiger partial charge in [-0.05, 0) is 62.3 Å². The SMILES string of the molecule is C[C@H]1CCCCN1C(=N)n1cc(O[C@@H]2CCC(N)c3ccccc32)ccc1=N. The predicted molar refractivity (Wildman–Crippen MR) is 109 cm³/mol. The van der Waals surface area contributed by atoms with Crippen LogP contribution >= 0.6 is 0 Å². The molecule has 148 valence electrons. The minimum absolute atomic E-state index is 0.0517. The predicted octanol–water partition coefficient (Wildman–Crippen LogP) is 3.54. The molecule has 1 aromatic carbocycles. The van der Waals surface area contributed by atoms with Crippen LogP contribution in [0.5, 0.6) is 5.75 Å². The Balaban J connectivity index is 1.59. The first-order valence-corrected chi connectivity index (χ1v) is 10.2. The fourth-order valence-corrected chi connectivity index (χ4v) is 4.35. The number of rotatable bonds is 2. The number of piperidine rings is 1. The highest BCUT2D eigenvalue weighted by Gasteiger charge is 2.27. The van der Waals surface area contributed by atoms with Gasteiger partial charge in [0.05, 0.1) is 6.20 Å². The molecule has 1 unspecified atom stereocenters. The van der Waals surface area contributed by atoms with E-state index in [1.807, 2.05) is 18.2 Å². The number of hydrogen-bond acceptors (Lipinski definition) is 4. The van der Waals surface area contributed by atoms with Crippen LogP contribution in [0.3, 0.4) is 0 Å². The van der Waals surface area contributed by atoms with Gasteiger partial charge in [-0.25, -0.2) is 0 Å². The van der Waals surface area contributed by atoms with Gasteiger partial charge >= 0.3 is 0 Å². The summed E-state index contributed by atoms with van der Waals surface area (Å²) >= 11 is 0. The smallest absolute Gasteiger partial charge is 0.204 e. The summed E-state index contributed by atoms with van der Waals surface area (Å²) < 4.78 is 7.94. The minimum Gasteiger partial charge on any atom is -0.484 e. The van der Waals surface area contributed by atoms with Crippen molar-refractivity contribution in [2.24, 2.45) is 5.73 Å². The van der Waals surface area contributed by atoms with E-state index in [0.717, 1.165) is 43.4 Å². The molecule has 6 heteroatoms. The first kappa shape index (κ1) is 18.7. The van der Waals surface area contributed by atoms with Gasteiger partial charge in [-0.15, -0.1) is 0 Å². The second kappa shape index (κ2) is 7.80. The van der Waals surface area contributed by atoms with Crippen LogP contribution in [0.4, 0.5) is 0 Å². The summed E-state index contributed by atoms with van der Waals surface area (Å²) in [5, 5.41) is 16.9. The number of nitrogens with zero attached hydrogens (tertiary/aromatic N) is 2. The van der Waals surface area contributed by atoms with Crippen molar-refractivity contribution in [3.8, 4) is 5.75 Å². The lowest BCUT2D eigenvalue weighted by Crippen LogP contribution is -2.47. The Labute approximate surface area is 166 Å². The third-order valence-electron chi connectivity index (χ3n) is 5.99. The van der Waals surface area contributed by atoms with E-state index in [-0.39, 0.29) is 12.1 Å². The average molecular weight is 380 g/mol. The number of ether oxygens (including phenoxy) is 1. The monoisotopic (exact) mass is 379 g/mol. The molecule has 2 aliphatic rings. The first-order valence-electron chi connectivity index (χ1n) is 10.2. The van der Waals surface area contributed by atoms with Gasteiger partial charge in [-0.1, -0.05) is 24.3 Å². The molecular weight excluding hydrogens is 350 g/mol. The highest BCUT2D eigenvalue weighted by molar-refractivity contribution is 5.79. The zero-order valence-corrected chi connectivity index (χ0v) is 16.4. The molecule has 1 aromatic heterocycles. The lowest BCUT2D eigenvalue weighted by atomic mass is 9.86. The van der Waals surface area contributed by atoms with E-state index in [9.17, 15) is 0 Å². The van der Waals surface area contributed by atoms with Crippen molar-refractivity contribution in [2.45, 2.75) is 57.2 Å². The molecule has 0 amide bonds. The van der Waals surface area contributed by atoms with Crippen molar-refractivity contribution in [1.29, 1.82) is 10.8 Å². The quantitative estimate of drug-likeness (QED) is 0.550. The van der Waals surface area contributed by atoms with Gasteiger partial charge in [0.15, 0.2) is 0 Å². The maximum Gasteiger partial charge on any atom is 0.204 e. The third kappa shape index (κ3) is 3.56. The van der Waals surface area contributed by atoms with Crippen LogP contribution in [0.25, 0.3) is 0 Å². The fourth-order valence-electron chi connectivity index (χ4n) is 4.35. The molecular formula is C22H29N5O. The number of nitrogens with two attached hydrogens (primary N) is 1. The molecule has 1 aliphatic heterocycles. The van der Waals surface area contributed by atoms with Crippen LogP contribution in [0.15, 0.2) is 42.6 Å². The molecule has 4 rings (SSSR count). The van der Waals surface area contributed by atoms with E-state index in [4.69, 9.17) is 21.3 Å². The Bertz CT molecular complexity index is 921. The second-order valence-corrected chi connectivity index (χ2v) is 7.90. The van der Waals surface area contributed by atoms with E-state index in [2.05, 4.69) is 24.0 Å². The van der Waals surface area contributed by atoms with Crippen molar-refractivity contribution in [3.63, 3.8) is 0 Å². The summed E-state index contributed by atoms with van der Waals surface area (Å²) in [6.45, 7) is 3.02. The highest BCUT2D eigenvalue weighted by atomic mass is 16.5. The summed E-state index contributed by atoms with van der Waals surface area (Å²) in [6.07, 6.45) is 6.87. The molecule has 0 spiro atoms. The number of pyridine rings is 1. The summed E-state index contributed by atoms with van der Waals surface area (Å²) in [4.78, 5) is 2.08. The number of likely N-dealkylation sites (tertiary alicyclic amines) is 1. The molecule has 0 radical (unpaired) electrons. The van der Waals surface area contributed by atoms with Crippen molar-refractivity contribution in [1.82, 2.24) is 9.47 Å². The maximum absolute atomic E-state index is 8.65. The van der Waals surface area contributed by atoms with Crippen LogP contribution < -0.4 is 16.0 Å². The largest absolute Gasteiger partial charge is 0.484 e. The Morgan fingerprint density at radius 2 is 1.86 bits per heavy atom. The molecule has 0 bridgehead atoms. The highest BCUT2D eigenvalue weighted by Crippen LogP contribution is 2.37. The van der Waals surface area contributed by atoms with Gasteiger partial charge < -0.3 is 15.4 Å². The van der Waals surface area contributed by atoms with E-state index in [1.54, 1.807) is 16.8 Å². The minimum atomic E-state index is -0.0517. The van der Waals surface area contributed by atoms with Gasteiger partial charge in [0.1, 0.15) is 17.3 Å². The second-order valence-electron chi connectivity index (χ2n) is 7.90. The van der Waals surface area contributed by atoms with Crippen LogP contribution in [0.2, 0.25) is 0 Å². The molecule has 2 heterocycles. The number of benzene rings is 1. The summed E-state index contributed by atoms with van der Waals surface area (Å²) in [7, 11) is 0. The van der Waals surface area contributed by atoms with Crippen LogP contribution in [0.1, 0.15) is 62.3 Å². The Hall–Kier alpha value is -2.60. The maximum atomic E-state index is 8.65. The third-order valence-corrected chi connectivity index (χ3v) is 5.99. The zero-order valence-electron chi connectivity index (χ0n) is 16.4. The Morgan fingerprint density at radius 1 is 1.07 bits per heavy atom. The van der Waals surface area contributed by atoms with E-state index in [0.29, 0.717) is 23.2 Å². The standard InChI is InChI=1S/C22H29N5O/c1-15-6-4-5-13-26(15)22(25)27-14-16(9-12-21(27)24)28-20-11-10-19(23)17-7-2-3-8-18(17)20/h2-3,7-9,12,14-15,19-20,24-25H,4-6,10-11,13,23H2,1H3/t15-,19?,20+/m0/s1. The number of nitrogens with one attached hydrogen (secondary N) is 2. The summed E-state index contributed by atoms with van der Waals surface area (Å²) in [5.74, 6) is 1.04. The van der Waals surface area contributed by atoms with Gasteiger partial charge in [0.2, 0.25) is 5.96 Å². The van der Waals surface area contributed by atoms with Gasteiger partial charge in [0, 0.05) is 18.6 Å². The van der Waals surface area contributed by atoms with Crippen molar-refractivity contribution < 1.29 is 4.74 Å². The molecule has 2 aromatic rings.